The number of rotatable bonds is 4. The van der Waals surface area contributed by atoms with Crippen LogP contribution in [0.25, 0.3) is 33.2 Å². The molecule has 3 aromatic carbocycles. The lowest BCUT2D eigenvalue weighted by molar-refractivity contribution is -0.660. The zero-order chi connectivity index (χ0) is 22.9. The van der Waals surface area contributed by atoms with E-state index in [0.717, 1.165) is 0 Å². The highest BCUT2D eigenvalue weighted by molar-refractivity contribution is 5.90. The molecular formula is C31H35N2+. The lowest BCUT2D eigenvalue weighted by atomic mass is 9.81. The van der Waals surface area contributed by atoms with Crippen molar-refractivity contribution in [2.24, 2.45) is 7.05 Å². The van der Waals surface area contributed by atoms with E-state index in [9.17, 15) is 0 Å². The fourth-order valence-corrected chi connectivity index (χ4v) is 5.47. The van der Waals surface area contributed by atoms with Crippen molar-refractivity contribution in [3.05, 3.63) is 84.1 Å². The summed E-state index contributed by atoms with van der Waals surface area (Å²) in [6, 6.07) is 25.0. The summed E-state index contributed by atoms with van der Waals surface area (Å²) in [6.45, 7) is 2.21. The third-order valence-corrected chi connectivity index (χ3v) is 7.42. The molecule has 33 heavy (non-hydrogen) atoms. The van der Waals surface area contributed by atoms with Crippen molar-refractivity contribution >= 4 is 16.5 Å². The molecule has 0 saturated heterocycles. The van der Waals surface area contributed by atoms with E-state index < -0.39 is 0 Å². The summed E-state index contributed by atoms with van der Waals surface area (Å²) in [5, 5.41) is 2.60. The van der Waals surface area contributed by atoms with Crippen molar-refractivity contribution in [2.45, 2.75) is 44.9 Å². The minimum Gasteiger partial charge on any atom is -0.378 e. The Morgan fingerprint density at radius 3 is 2.27 bits per heavy atom. The van der Waals surface area contributed by atoms with E-state index in [4.69, 9.17) is 0 Å². The summed E-state index contributed by atoms with van der Waals surface area (Å²) >= 11 is 0. The van der Waals surface area contributed by atoms with Gasteiger partial charge in [-0.1, -0.05) is 55.7 Å². The van der Waals surface area contributed by atoms with E-state index in [1.165, 1.54) is 82.1 Å². The van der Waals surface area contributed by atoms with Crippen LogP contribution in [0.2, 0.25) is 0 Å². The molecule has 0 amide bonds. The molecular weight excluding hydrogens is 400 g/mol. The molecule has 0 unspecified atom stereocenters. The fourth-order valence-electron chi connectivity index (χ4n) is 5.47. The van der Waals surface area contributed by atoms with Gasteiger partial charge >= 0.3 is 0 Å². The van der Waals surface area contributed by atoms with Crippen LogP contribution in [-0.2, 0) is 7.05 Å². The monoisotopic (exact) mass is 435 g/mol. The largest absolute Gasteiger partial charge is 0.378 e. The zero-order valence-electron chi connectivity index (χ0n) is 20.4. The molecule has 2 nitrogen and oxygen atoms in total. The van der Waals surface area contributed by atoms with Crippen molar-refractivity contribution < 1.29 is 4.57 Å². The summed E-state index contributed by atoms with van der Waals surface area (Å²) in [6.07, 6.45) is 9.10. The predicted molar refractivity (Wildman–Crippen MR) is 141 cm³/mol. The number of anilines is 1. The van der Waals surface area contributed by atoms with Gasteiger partial charge in [-0.3, -0.25) is 0 Å². The minimum atomic E-state index is 0.651. The zero-order valence-corrected chi connectivity index (χ0v) is 20.4. The Bertz CT molecular complexity index is 1300. The summed E-state index contributed by atoms with van der Waals surface area (Å²) < 4.78 is 2.35. The second kappa shape index (κ2) is 9.02. The molecule has 0 radical (unpaired) electrons. The molecule has 0 spiro atoms. The van der Waals surface area contributed by atoms with Crippen LogP contribution < -0.4 is 9.47 Å². The Hall–Kier alpha value is -3.13. The van der Waals surface area contributed by atoms with Gasteiger partial charge in [-0.25, -0.2) is 4.57 Å². The van der Waals surface area contributed by atoms with E-state index in [-0.39, 0.29) is 0 Å². The Kier molecular flexibility index (Phi) is 5.93. The first-order valence-corrected chi connectivity index (χ1v) is 12.3. The summed E-state index contributed by atoms with van der Waals surface area (Å²) in [4.78, 5) is 2.17. The Labute approximate surface area is 198 Å². The summed E-state index contributed by atoms with van der Waals surface area (Å²) in [5.41, 5.74) is 9.40. The molecule has 4 aromatic rings. The molecule has 1 aliphatic carbocycles. The van der Waals surface area contributed by atoms with Crippen molar-refractivity contribution in [1.82, 2.24) is 0 Å². The number of pyridine rings is 1. The Balaban J connectivity index is 1.69. The maximum Gasteiger partial charge on any atom is 0.213 e. The molecule has 1 saturated carbocycles. The average Bonchev–Trinajstić information content (AvgIpc) is 2.84. The van der Waals surface area contributed by atoms with Gasteiger partial charge < -0.3 is 4.90 Å². The van der Waals surface area contributed by atoms with Crippen LogP contribution in [0.1, 0.15) is 49.1 Å². The van der Waals surface area contributed by atoms with E-state index >= 15 is 0 Å². The highest BCUT2D eigenvalue weighted by atomic mass is 15.1. The van der Waals surface area contributed by atoms with Crippen molar-refractivity contribution in [1.29, 1.82) is 0 Å². The standard InChI is InChI=1S/C31H35N2/c1-22-10-8-9-13-28(22)31-20-29(30(21-33(31)4)23-11-6-5-7-12-23)26-15-14-25-19-27(32(2)3)17-16-24(25)18-26/h8-10,13-21,23H,5-7,11-12H2,1-4H3/q+1. The molecule has 1 aromatic heterocycles. The van der Waals surface area contributed by atoms with Gasteiger partial charge in [-0.2, -0.15) is 0 Å². The lowest BCUT2D eigenvalue weighted by Gasteiger charge is -2.24. The average molecular weight is 436 g/mol. The highest BCUT2D eigenvalue weighted by Crippen LogP contribution is 2.40. The second-order valence-corrected chi connectivity index (χ2v) is 9.93. The lowest BCUT2D eigenvalue weighted by Crippen LogP contribution is -2.32. The van der Waals surface area contributed by atoms with E-state index in [1.807, 2.05) is 0 Å². The predicted octanol–water partition coefficient (Wildman–Crippen LogP) is 7.42. The SMILES string of the molecule is Cc1ccccc1-c1cc(-c2ccc3cc(N(C)C)ccc3c2)c(C2CCCCC2)c[n+]1C. The van der Waals surface area contributed by atoms with Crippen LogP contribution >= 0.6 is 0 Å². The molecule has 0 bridgehead atoms. The number of nitrogens with zero attached hydrogens (tertiary/aromatic N) is 2. The first kappa shape index (κ1) is 21.7. The number of fused-ring (bicyclic) bond motifs is 1. The van der Waals surface area contributed by atoms with E-state index in [2.05, 4.69) is 110 Å². The van der Waals surface area contributed by atoms with Gasteiger partial charge in [0.25, 0.3) is 0 Å². The quantitative estimate of drug-likeness (QED) is 0.303. The van der Waals surface area contributed by atoms with Crippen LogP contribution in [0.15, 0.2) is 72.9 Å². The van der Waals surface area contributed by atoms with Crippen molar-refractivity contribution in [2.75, 3.05) is 19.0 Å². The van der Waals surface area contributed by atoms with Crippen LogP contribution in [0.4, 0.5) is 5.69 Å². The minimum absolute atomic E-state index is 0.651. The normalized spacial score (nSPS) is 14.5. The van der Waals surface area contributed by atoms with Gasteiger partial charge in [0, 0.05) is 37.0 Å². The molecule has 168 valence electrons. The first-order chi connectivity index (χ1) is 16.0. The van der Waals surface area contributed by atoms with Gasteiger partial charge in [-0.15, -0.1) is 0 Å². The number of hydrogen-bond donors (Lipinski definition) is 0. The highest BCUT2D eigenvalue weighted by Gasteiger charge is 2.25. The molecule has 1 heterocycles. The fraction of sp³-hybridized carbons (Fsp3) is 0.323. The molecule has 0 atom stereocenters. The molecule has 5 rings (SSSR count). The molecule has 1 fully saturated rings. The molecule has 0 aliphatic heterocycles. The molecule has 2 heteroatoms. The summed E-state index contributed by atoms with van der Waals surface area (Å²) in [7, 11) is 6.41. The number of aromatic nitrogens is 1. The topological polar surface area (TPSA) is 7.12 Å². The van der Waals surface area contributed by atoms with E-state index in [1.54, 1.807) is 0 Å². The second-order valence-electron chi connectivity index (χ2n) is 9.93. The van der Waals surface area contributed by atoms with Gasteiger partial charge in [0.15, 0.2) is 6.20 Å². The first-order valence-electron chi connectivity index (χ1n) is 12.3. The van der Waals surface area contributed by atoms with Crippen LogP contribution in [0.3, 0.4) is 0 Å². The van der Waals surface area contributed by atoms with Gasteiger partial charge in [0.05, 0.1) is 0 Å². The Morgan fingerprint density at radius 1 is 0.788 bits per heavy atom. The third kappa shape index (κ3) is 4.27. The molecule has 1 aliphatic rings. The van der Waals surface area contributed by atoms with E-state index in [0.29, 0.717) is 5.92 Å². The van der Waals surface area contributed by atoms with Crippen molar-refractivity contribution in [3.8, 4) is 22.4 Å². The number of aryl methyl sites for hydroxylation is 2. The smallest absolute Gasteiger partial charge is 0.213 e. The maximum absolute atomic E-state index is 2.45. The van der Waals surface area contributed by atoms with Crippen LogP contribution in [0, 0.1) is 6.92 Å². The van der Waals surface area contributed by atoms with Crippen LogP contribution in [-0.4, -0.2) is 14.1 Å². The van der Waals surface area contributed by atoms with Gasteiger partial charge in [0.2, 0.25) is 5.69 Å². The van der Waals surface area contributed by atoms with Gasteiger partial charge in [-0.05, 0) is 77.4 Å². The third-order valence-electron chi connectivity index (χ3n) is 7.42. The maximum atomic E-state index is 2.45. The van der Waals surface area contributed by atoms with Gasteiger partial charge in [0.1, 0.15) is 7.05 Å². The summed E-state index contributed by atoms with van der Waals surface area (Å²) in [5.74, 6) is 0.651. The molecule has 0 N–H and O–H groups in total. The van der Waals surface area contributed by atoms with Crippen molar-refractivity contribution in [3.63, 3.8) is 0 Å². The number of hydrogen-bond acceptors (Lipinski definition) is 1. The number of benzene rings is 3. The Morgan fingerprint density at radius 2 is 1.52 bits per heavy atom. The van der Waals surface area contributed by atoms with Crippen LogP contribution in [0.5, 0.6) is 0 Å².